The normalized spacial score (nSPS) is 11.2. The van der Waals surface area contributed by atoms with Crippen molar-refractivity contribution in [2.24, 2.45) is 14.1 Å². The molecule has 0 fully saturated rings. The molecular formula is C48H41ClF2N10O6S2. The number of nitrogens with zero attached hydrogens (tertiary/aromatic N) is 10. The highest BCUT2D eigenvalue weighted by Gasteiger charge is 2.28. The van der Waals surface area contributed by atoms with E-state index in [1.807, 2.05) is 48.5 Å². The van der Waals surface area contributed by atoms with Gasteiger partial charge >= 0.3 is 11.9 Å². The summed E-state index contributed by atoms with van der Waals surface area (Å²) in [6.07, 6.45) is 11.5. The number of aromatic nitrogens is 10. The minimum atomic E-state index is -0.828. The van der Waals surface area contributed by atoms with Crippen LogP contribution < -0.4 is 10.9 Å². The predicted octanol–water partition coefficient (Wildman–Crippen LogP) is 8.04. The molecule has 10 aromatic rings. The van der Waals surface area contributed by atoms with E-state index in [9.17, 15) is 23.6 Å². The molecule has 2 aromatic carbocycles. The number of esters is 2. The highest BCUT2D eigenvalue weighted by atomic mass is 35.5. The van der Waals surface area contributed by atoms with Gasteiger partial charge < -0.3 is 18.6 Å². The summed E-state index contributed by atoms with van der Waals surface area (Å²) < 4.78 is 46.1. The summed E-state index contributed by atoms with van der Waals surface area (Å²) in [4.78, 5) is 76.5. The molecule has 352 valence electrons. The number of pyridine rings is 4. The molecule has 0 aliphatic heterocycles. The van der Waals surface area contributed by atoms with Gasteiger partial charge in [-0.1, -0.05) is 35.9 Å². The molecule has 0 unspecified atom stereocenters. The number of aryl methyl sites for hydroxylation is 4. The standard InChI is InChI=1S/C24H20FN5O3S.C18H13ClFN3O3.C6H8N2S/c1-3-33-24(32)19-20(31)15-12-16(25)22(34-11-8-14-13-26-9-10-27-14)28-21(15)30-18-7-5-4-6-17(18)29(2)23(19)30;1-3-26-18(25)13-14(24)9-8-10(20)15(19)21-16(9)23-12-7-5-4-6-11(12)22(2)17(13)23;9-4-1-6-5-7-2-3-8-6/h4-7,9-10,12-13H,3,8,11H2,1-2H3;4-8H,3H2,1-2H3;2-3,5,9H,1,4H2. The van der Waals surface area contributed by atoms with E-state index in [0.717, 1.165) is 52.2 Å². The van der Waals surface area contributed by atoms with E-state index >= 15 is 4.39 Å². The van der Waals surface area contributed by atoms with Crippen LogP contribution in [0, 0.1) is 11.6 Å². The second-order valence-corrected chi connectivity index (χ2v) is 16.9. The van der Waals surface area contributed by atoms with Crippen LogP contribution in [0.5, 0.6) is 0 Å². The number of thiol groups is 1. The predicted molar refractivity (Wildman–Crippen MR) is 264 cm³/mol. The van der Waals surface area contributed by atoms with Crippen LogP contribution in [0.4, 0.5) is 8.78 Å². The Labute approximate surface area is 405 Å². The molecule has 0 N–H and O–H groups in total. The molecule has 69 heavy (non-hydrogen) atoms. The molecule has 0 aliphatic carbocycles. The van der Waals surface area contributed by atoms with Gasteiger partial charge in [0.25, 0.3) is 0 Å². The molecule has 8 heterocycles. The summed E-state index contributed by atoms with van der Waals surface area (Å²) in [5, 5.41) is -0.194. The summed E-state index contributed by atoms with van der Waals surface area (Å²) in [6.45, 7) is 3.54. The van der Waals surface area contributed by atoms with Crippen LogP contribution in [0.3, 0.4) is 0 Å². The third-order valence-corrected chi connectivity index (χ3v) is 12.3. The van der Waals surface area contributed by atoms with Crippen molar-refractivity contribution in [1.29, 1.82) is 0 Å². The maximum Gasteiger partial charge on any atom is 0.345 e. The van der Waals surface area contributed by atoms with E-state index < -0.39 is 34.4 Å². The Morgan fingerprint density at radius 2 is 1.14 bits per heavy atom. The molecule has 0 spiro atoms. The van der Waals surface area contributed by atoms with Crippen molar-refractivity contribution in [3.8, 4) is 0 Å². The van der Waals surface area contributed by atoms with E-state index in [4.69, 9.17) is 21.1 Å². The number of hydrogen-bond donors (Lipinski definition) is 1. The third kappa shape index (κ3) is 9.34. The lowest BCUT2D eigenvalue weighted by molar-refractivity contribution is 0.0517. The Balaban J connectivity index is 0.000000161. The third-order valence-electron chi connectivity index (χ3n) is 10.8. The molecule has 0 atom stereocenters. The van der Waals surface area contributed by atoms with E-state index in [0.29, 0.717) is 29.0 Å². The second kappa shape index (κ2) is 20.9. The lowest BCUT2D eigenvalue weighted by Crippen LogP contribution is -2.22. The van der Waals surface area contributed by atoms with Gasteiger partial charge in [0, 0.05) is 69.9 Å². The van der Waals surface area contributed by atoms with Gasteiger partial charge in [0.05, 0.1) is 57.4 Å². The number of imidazole rings is 2. The first-order valence-corrected chi connectivity index (χ1v) is 23.4. The van der Waals surface area contributed by atoms with Crippen molar-refractivity contribution >= 4 is 103 Å². The first-order chi connectivity index (χ1) is 33.4. The van der Waals surface area contributed by atoms with E-state index in [-0.39, 0.29) is 56.6 Å². The van der Waals surface area contributed by atoms with Crippen LogP contribution in [0.2, 0.25) is 5.15 Å². The number of fused-ring (bicyclic) bond motifs is 10. The second-order valence-electron chi connectivity index (χ2n) is 15.0. The molecule has 10 rings (SSSR count). The fraction of sp³-hybridized carbons (Fsp3) is 0.208. The Morgan fingerprint density at radius 3 is 1.61 bits per heavy atom. The Kier molecular flexibility index (Phi) is 14.6. The van der Waals surface area contributed by atoms with Crippen molar-refractivity contribution in [3.63, 3.8) is 0 Å². The van der Waals surface area contributed by atoms with Gasteiger partial charge in [0.1, 0.15) is 27.4 Å². The Morgan fingerprint density at radius 1 is 0.681 bits per heavy atom. The smallest absolute Gasteiger partial charge is 0.345 e. The quantitative estimate of drug-likeness (QED) is 0.0602. The number of hydrogen-bond acceptors (Lipinski definition) is 14. The van der Waals surface area contributed by atoms with Gasteiger partial charge in [-0.15, -0.1) is 11.8 Å². The fourth-order valence-electron chi connectivity index (χ4n) is 7.85. The van der Waals surface area contributed by atoms with Crippen molar-refractivity contribution in [1.82, 2.24) is 47.8 Å². The number of benzene rings is 2. The van der Waals surface area contributed by atoms with Gasteiger partial charge in [0.15, 0.2) is 28.1 Å². The lowest BCUT2D eigenvalue weighted by Gasteiger charge is -2.11. The van der Waals surface area contributed by atoms with Crippen LogP contribution in [-0.4, -0.2) is 84.5 Å². The molecule has 0 aliphatic rings. The van der Waals surface area contributed by atoms with Crippen LogP contribution in [0.1, 0.15) is 46.0 Å². The number of para-hydroxylation sites is 4. The molecule has 0 bridgehead atoms. The fourth-order valence-corrected chi connectivity index (χ4v) is 9.06. The summed E-state index contributed by atoms with van der Waals surface area (Å²) >= 11 is 11.1. The van der Waals surface area contributed by atoms with Crippen LogP contribution >= 0.6 is 36.0 Å². The van der Waals surface area contributed by atoms with Crippen molar-refractivity contribution < 1.29 is 27.8 Å². The minimum absolute atomic E-state index is 0.0210. The number of halogens is 3. The maximum absolute atomic E-state index is 15.0. The number of carbonyl (C=O) groups excluding carboxylic acids is 2. The zero-order valence-electron chi connectivity index (χ0n) is 37.4. The van der Waals surface area contributed by atoms with Crippen molar-refractivity contribution in [2.75, 3.05) is 24.7 Å². The number of carbonyl (C=O) groups is 2. The zero-order chi connectivity index (χ0) is 48.9. The lowest BCUT2D eigenvalue weighted by atomic mass is 10.2. The van der Waals surface area contributed by atoms with Gasteiger partial charge in [-0.25, -0.2) is 28.3 Å². The SMILES string of the molecule is CCOC(=O)c1c(=O)c2cc(F)c(Cl)nc2n2c3ccccc3n(C)c12.CCOC(=O)c1c(=O)c2cc(F)c(SCCc3cnccn3)nc2n2c3ccccc3n(C)c12.SCCc1cnccn1. The van der Waals surface area contributed by atoms with Crippen molar-refractivity contribution in [2.45, 2.75) is 31.7 Å². The molecule has 0 radical (unpaired) electrons. The van der Waals surface area contributed by atoms with Gasteiger partial charge in [0.2, 0.25) is 10.9 Å². The number of rotatable bonds is 10. The molecule has 8 aromatic heterocycles. The number of thioether (sulfide) groups is 1. The van der Waals surface area contributed by atoms with Gasteiger partial charge in [-0.05, 0) is 56.0 Å². The summed E-state index contributed by atoms with van der Waals surface area (Å²) in [6, 6.07) is 17.0. The topological polar surface area (TPSA) is 183 Å². The zero-order valence-corrected chi connectivity index (χ0v) is 39.9. The molecule has 21 heteroatoms. The summed E-state index contributed by atoms with van der Waals surface area (Å²) in [5.74, 6) is -1.60. The minimum Gasteiger partial charge on any atom is -0.462 e. The molecule has 16 nitrogen and oxygen atoms in total. The first kappa shape index (κ1) is 48.2. The van der Waals surface area contributed by atoms with Crippen molar-refractivity contribution in [3.05, 3.63) is 158 Å². The highest BCUT2D eigenvalue weighted by Crippen LogP contribution is 2.30. The van der Waals surface area contributed by atoms with Crippen LogP contribution in [-0.2, 0) is 36.4 Å². The van der Waals surface area contributed by atoms with Gasteiger partial charge in [-0.3, -0.25) is 38.3 Å². The molecule has 0 saturated heterocycles. The summed E-state index contributed by atoms with van der Waals surface area (Å²) in [7, 11) is 3.50. The monoisotopic (exact) mass is 990 g/mol. The van der Waals surface area contributed by atoms with Crippen LogP contribution in [0.25, 0.3) is 55.4 Å². The maximum atomic E-state index is 15.0. The Hall–Kier alpha value is -7.29. The first-order valence-electron chi connectivity index (χ1n) is 21.4. The molecule has 0 saturated carbocycles. The molecular weight excluding hydrogens is 950 g/mol. The largest absolute Gasteiger partial charge is 0.462 e. The van der Waals surface area contributed by atoms with Gasteiger partial charge in [-0.2, -0.15) is 12.6 Å². The Bertz CT molecular complexity index is 3700. The highest BCUT2D eigenvalue weighted by molar-refractivity contribution is 7.99. The average molecular weight is 992 g/mol. The average Bonchev–Trinajstić information content (AvgIpc) is 3.81. The van der Waals surface area contributed by atoms with Crippen LogP contribution in [0.15, 0.2) is 112 Å². The van der Waals surface area contributed by atoms with E-state index in [2.05, 4.69) is 42.5 Å². The molecule has 0 amide bonds. The van der Waals surface area contributed by atoms with E-state index in [1.165, 1.54) is 11.8 Å². The van der Waals surface area contributed by atoms with E-state index in [1.54, 1.807) is 83.1 Å². The summed E-state index contributed by atoms with van der Waals surface area (Å²) in [5.41, 5.74) is 4.39. The number of ether oxygens (including phenoxy) is 2.